The van der Waals surface area contributed by atoms with Gasteiger partial charge in [-0.3, -0.25) is 9.59 Å². The summed E-state index contributed by atoms with van der Waals surface area (Å²) < 4.78 is 0. The lowest BCUT2D eigenvalue weighted by Crippen LogP contribution is -2.60. The van der Waals surface area contributed by atoms with Crippen LogP contribution in [0.1, 0.15) is 27.2 Å². The van der Waals surface area contributed by atoms with E-state index in [1.165, 1.54) is 29.8 Å². The van der Waals surface area contributed by atoms with Crippen molar-refractivity contribution < 1.29 is 19.5 Å². The molecule has 2 amide bonds. The molecule has 1 saturated heterocycles. The first-order valence-electron chi connectivity index (χ1n) is 6.73. The molecule has 2 heterocycles. The van der Waals surface area contributed by atoms with Gasteiger partial charge in [0.2, 0.25) is 11.8 Å². The number of carboxylic acid groups (broad SMARTS) is 1. The number of carbonyl (C=O) groups excluding carboxylic acids is 2. The predicted molar refractivity (Wildman–Crippen MR) is 78.8 cm³/mol. The Kier molecular flexibility index (Phi) is 4.41. The number of thioether (sulfide) groups is 1. The van der Waals surface area contributed by atoms with Crippen LogP contribution in [0.15, 0.2) is 22.2 Å². The average Bonchev–Trinajstić information content (AvgIpc) is 2.68. The van der Waals surface area contributed by atoms with Crippen LogP contribution in [0.3, 0.4) is 0 Å². The molecule has 2 aliphatic rings. The minimum atomic E-state index is -1.08. The second-order valence-electron chi connectivity index (χ2n) is 5.45. The SMILES string of the molecule is CC(=O)NC=CSC1=C(C(=O)O)N2C(=O)C(C(C)C)C2C1. The van der Waals surface area contributed by atoms with Crippen LogP contribution < -0.4 is 5.32 Å². The van der Waals surface area contributed by atoms with Gasteiger partial charge in [-0.1, -0.05) is 25.6 Å². The summed E-state index contributed by atoms with van der Waals surface area (Å²) in [6.45, 7) is 5.34. The van der Waals surface area contributed by atoms with Crippen molar-refractivity contribution in [3.05, 3.63) is 22.2 Å². The fourth-order valence-corrected chi connectivity index (χ4v) is 3.67. The first-order valence-corrected chi connectivity index (χ1v) is 7.60. The van der Waals surface area contributed by atoms with Crippen LogP contribution in [0.5, 0.6) is 0 Å². The molecular weight excluding hydrogens is 292 g/mol. The number of β-lactam (4-membered cyclic amide) rings is 1. The molecule has 2 atom stereocenters. The topological polar surface area (TPSA) is 86.7 Å². The van der Waals surface area contributed by atoms with E-state index in [1.54, 1.807) is 5.41 Å². The monoisotopic (exact) mass is 310 g/mol. The van der Waals surface area contributed by atoms with Gasteiger partial charge >= 0.3 is 5.97 Å². The number of nitrogens with zero attached hydrogens (tertiary/aromatic N) is 1. The molecule has 2 aliphatic heterocycles. The molecule has 2 rings (SSSR count). The molecule has 0 aromatic heterocycles. The minimum Gasteiger partial charge on any atom is -0.477 e. The Morgan fingerprint density at radius 2 is 2.14 bits per heavy atom. The zero-order valence-electron chi connectivity index (χ0n) is 12.1. The van der Waals surface area contributed by atoms with Crippen LogP contribution in [0.25, 0.3) is 0 Å². The van der Waals surface area contributed by atoms with Gasteiger partial charge in [0.15, 0.2) is 0 Å². The van der Waals surface area contributed by atoms with Gasteiger partial charge in [0.1, 0.15) is 5.70 Å². The van der Waals surface area contributed by atoms with Crippen LogP contribution >= 0.6 is 11.8 Å². The number of nitrogens with one attached hydrogen (secondary N) is 1. The molecular formula is C14H18N2O4S. The highest BCUT2D eigenvalue weighted by Gasteiger charge is 2.55. The predicted octanol–water partition coefficient (Wildman–Crippen LogP) is 1.51. The third kappa shape index (κ3) is 2.83. The molecule has 0 spiro atoms. The van der Waals surface area contributed by atoms with Gasteiger partial charge in [-0.15, -0.1) is 0 Å². The van der Waals surface area contributed by atoms with E-state index >= 15 is 0 Å². The summed E-state index contributed by atoms with van der Waals surface area (Å²) in [5, 5.41) is 13.5. The van der Waals surface area contributed by atoms with Gasteiger partial charge in [0.25, 0.3) is 0 Å². The third-order valence-electron chi connectivity index (χ3n) is 3.65. The number of carboxylic acids is 1. The number of aliphatic carboxylic acids is 1. The Balaban J connectivity index is 2.13. The molecule has 0 bridgehead atoms. The minimum absolute atomic E-state index is 0.0414. The van der Waals surface area contributed by atoms with E-state index in [-0.39, 0.29) is 35.4 Å². The van der Waals surface area contributed by atoms with Crippen LogP contribution in [0.4, 0.5) is 0 Å². The van der Waals surface area contributed by atoms with Gasteiger partial charge in [0.05, 0.1) is 12.0 Å². The fourth-order valence-electron chi connectivity index (χ4n) is 2.81. The second kappa shape index (κ2) is 5.93. The van der Waals surface area contributed by atoms with Crippen molar-refractivity contribution in [3.8, 4) is 0 Å². The Hall–Kier alpha value is -1.76. The van der Waals surface area contributed by atoms with Crippen molar-refractivity contribution in [3.63, 3.8) is 0 Å². The standard InChI is InChI=1S/C14H18N2O4S/c1-7(2)11-9-6-10(21-5-4-15-8(3)17)12(14(19)20)16(9)13(11)18/h4-5,7,9,11H,6H2,1-3H3,(H,15,17)(H,19,20). The molecule has 0 aromatic carbocycles. The lowest BCUT2D eigenvalue weighted by atomic mass is 9.79. The Morgan fingerprint density at radius 3 is 2.67 bits per heavy atom. The average molecular weight is 310 g/mol. The van der Waals surface area contributed by atoms with Crippen molar-refractivity contribution in [2.75, 3.05) is 0 Å². The molecule has 2 N–H and O–H groups in total. The smallest absolute Gasteiger partial charge is 0.353 e. The van der Waals surface area contributed by atoms with E-state index < -0.39 is 5.97 Å². The maximum atomic E-state index is 12.1. The molecule has 6 nitrogen and oxygen atoms in total. The summed E-state index contributed by atoms with van der Waals surface area (Å²) in [7, 11) is 0. The zero-order chi connectivity index (χ0) is 15.7. The van der Waals surface area contributed by atoms with Crippen LogP contribution in [-0.2, 0) is 14.4 Å². The van der Waals surface area contributed by atoms with Crippen molar-refractivity contribution in [2.24, 2.45) is 11.8 Å². The quantitative estimate of drug-likeness (QED) is 0.752. The summed E-state index contributed by atoms with van der Waals surface area (Å²) in [4.78, 5) is 36.3. The summed E-state index contributed by atoms with van der Waals surface area (Å²) in [5.41, 5.74) is 0.0828. The first-order chi connectivity index (χ1) is 9.84. The Bertz CT molecular complexity index is 553. The molecule has 0 aromatic rings. The second-order valence-corrected chi connectivity index (χ2v) is 6.45. The summed E-state index contributed by atoms with van der Waals surface area (Å²) in [5.74, 6) is -1.27. The van der Waals surface area contributed by atoms with Crippen molar-refractivity contribution in [1.29, 1.82) is 0 Å². The lowest BCUT2D eigenvalue weighted by Gasteiger charge is -2.45. The van der Waals surface area contributed by atoms with Gasteiger partial charge < -0.3 is 15.3 Å². The number of amides is 2. The molecule has 2 unspecified atom stereocenters. The molecule has 0 aliphatic carbocycles. The number of carbonyl (C=O) groups is 3. The highest BCUT2D eigenvalue weighted by Crippen LogP contribution is 2.48. The van der Waals surface area contributed by atoms with Crippen LogP contribution in [0, 0.1) is 11.8 Å². The van der Waals surface area contributed by atoms with Crippen molar-refractivity contribution >= 4 is 29.5 Å². The molecule has 114 valence electrons. The third-order valence-corrected chi connectivity index (χ3v) is 4.57. The fraction of sp³-hybridized carbons (Fsp3) is 0.500. The molecule has 0 radical (unpaired) electrons. The highest BCUT2D eigenvalue weighted by molar-refractivity contribution is 8.05. The van der Waals surface area contributed by atoms with Gasteiger partial charge in [-0.2, -0.15) is 0 Å². The Labute approximate surface area is 127 Å². The van der Waals surface area contributed by atoms with Crippen molar-refractivity contribution in [2.45, 2.75) is 33.2 Å². The van der Waals surface area contributed by atoms with Gasteiger partial charge in [0, 0.05) is 24.4 Å². The van der Waals surface area contributed by atoms with Gasteiger partial charge in [-0.25, -0.2) is 4.79 Å². The van der Waals surface area contributed by atoms with Crippen molar-refractivity contribution in [1.82, 2.24) is 10.2 Å². The number of fused-ring (bicyclic) bond motifs is 1. The summed E-state index contributed by atoms with van der Waals surface area (Å²) in [6.07, 6.45) is 2.03. The summed E-state index contributed by atoms with van der Waals surface area (Å²) >= 11 is 1.24. The van der Waals surface area contributed by atoms with Crippen LogP contribution in [0.2, 0.25) is 0 Å². The first kappa shape index (κ1) is 15.6. The van der Waals surface area contributed by atoms with E-state index in [0.717, 1.165) is 0 Å². The summed E-state index contributed by atoms with van der Waals surface area (Å²) in [6, 6.07) is -0.0414. The van der Waals surface area contributed by atoms with E-state index in [1.807, 2.05) is 13.8 Å². The normalized spacial score (nSPS) is 24.6. The molecule has 7 heteroatoms. The number of hydrogen-bond acceptors (Lipinski definition) is 4. The number of rotatable bonds is 5. The largest absolute Gasteiger partial charge is 0.477 e. The maximum Gasteiger partial charge on any atom is 0.353 e. The van der Waals surface area contributed by atoms with E-state index in [0.29, 0.717) is 11.3 Å². The zero-order valence-corrected chi connectivity index (χ0v) is 12.9. The van der Waals surface area contributed by atoms with Crippen LogP contribution in [-0.4, -0.2) is 33.8 Å². The van der Waals surface area contributed by atoms with Gasteiger partial charge in [-0.05, 0) is 11.3 Å². The molecule has 0 saturated carbocycles. The molecule has 21 heavy (non-hydrogen) atoms. The van der Waals surface area contributed by atoms with E-state index in [2.05, 4.69) is 5.32 Å². The Morgan fingerprint density at radius 1 is 1.48 bits per heavy atom. The lowest BCUT2D eigenvalue weighted by molar-refractivity contribution is -0.157. The highest BCUT2D eigenvalue weighted by atomic mass is 32.2. The molecule has 1 fully saturated rings. The number of hydrogen-bond donors (Lipinski definition) is 2. The maximum absolute atomic E-state index is 12.1. The van der Waals surface area contributed by atoms with E-state index in [4.69, 9.17) is 0 Å². The van der Waals surface area contributed by atoms with E-state index in [9.17, 15) is 19.5 Å².